The summed E-state index contributed by atoms with van der Waals surface area (Å²) in [5, 5.41) is 6.89. The highest BCUT2D eigenvalue weighted by atomic mass is 32.1. The topological polar surface area (TPSA) is 34.1 Å². The Morgan fingerprint density at radius 1 is 1.40 bits per heavy atom. The first-order valence-corrected chi connectivity index (χ1v) is 8.81. The largest absolute Gasteiger partial charge is 0.378 e. The maximum absolute atomic E-state index is 5.29. The van der Waals surface area contributed by atoms with Gasteiger partial charge >= 0.3 is 0 Å². The zero-order chi connectivity index (χ0) is 13.8. The lowest BCUT2D eigenvalue weighted by molar-refractivity contribution is 0.181. The minimum atomic E-state index is 0.601. The van der Waals surface area contributed by atoms with E-state index in [-0.39, 0.29) is 0 Å². The van der Waals surface area contributed by atoms with E-state index in [0.717, 1.165) is 17.2 Å². The van der Waals surface area contributed by atoms with Gasteiger partial charge in [0.15, 0.2) is 0 Å². The highest BCUT2D eigenvalue weighted by molar-refractivity contribution is 7.21. The summed E-state index contributed by atoms with van der Waals surface area (Å²) in [5.74, 6) is 0. The van der Waals surface area contributed by atoms with E-state index in [2.05, 4.69) is 22.8 Å². The maximum atomic E-state index is 5.29. The summed E-state index contributed by atoms with van der Waals surface area (Å²) >= 11 is 3.54. The maximum Gasteiger partial charge on any atom is 0.134 e. The number of methoxy groups -OCH3 is 1. The minimum Gasteiger partial charge on any atom is -0.378 e. The van der Waals surface area contributed by atoms with Crippen LogP contribution in [0.2, 0.25) is 0 Å². The molecule has 0 bridgehead atoms. The molecule has 0 spiro atoms. The lowest BCUT2D eigenvalue weighted by Crippen LogP contribution is -2.25. The summed E-state index contributed by atoms with van der Waals surface area (Å²) in [6.07, 6.45) is 5.36. The Labute approximate surface area is 128 Å². The smallest absolute Gasteiger partial charge is 0.134 e. The van der Waals surface area contributed by atoms with E-state index in [1.54, 1.807) is 29.8 Å². The number of aromatic nitrogens is 1. The molecule has 3 nitrogen and oxygen atoms in total. The van der Waals surface area contributed by atoms with E-state index >= 15 is 0 Å². The average Bonchev–Trinajstić information content (AvgIpc) is 3.19. The molecule has 2 aromatic rings. The van der Waals surface area contributed by atoms with Crippen LogP contribution in [-0.2, 0) is 17.9 Å². The van der Waals surface area contributed by atoms with Crippen LogP contribution in [-0.4, -0.2) is 18.1 Å². The molecule has 0 aliphatic heterocycles. The fourth-order valence-electron chi connectivity index (χ4n) is 2.64. The third kappa shape index (κ3) is 3.28. The van der Waals surface area contributed by atoms with Gasteiger partial charge in [-0.2, -0.15) is 0 Å². The summed E-state index contributed by atoms with van der Waals surface area (Å²) in [4.78, 5) is 7.32. The molecule has 2 aromatic heterocycles. The summed E-state index contributed by atoms with van der Waals surface area (Å²) < 4.78 is 5.29. The highest BCUT2D eigenvalue weighted by Gasteiger charge is 2.17. The van der Waals surface area contributed by atoms with Gasteiger partial charge in [0.1, 0.15) is 5.01 Å². The Bertz CT molecular complexity index is 530. The second kappa shape index (κ2) is 6.80. The third-order valence-electron chi connectivity index (χ3n) is 3.70. The lowest BCUT2D eigenvalue weighted by Gasteiger charge is -2.11. The van der Waals surface area contributed by atoms with Gasteiger partial charge < -0.3 is 10.1 Å². The first-order valence-electron chi connectivity index (χ1n) is 7.11. The molecule has 108 valence electrons. The molecule has 0 amide bonds. The van der Waals surface area contributed by atoms with Crippen molar-refractivity contribution in [1.29, 1.82) is 0 Å². The number of nitrogens with one attached hydrogen (secondary N) is 1. The van der Waals surface area contributed by atoms with Crippen molar-refractivity contribution in [3.05, 3.63) is 28.1 Å². The normalized spacial score (nSPS) is 16.1. The molecule has 20 heavy (non-hydrogen) atoms. The Kier molecular flexibility index (Phi) is 4.83. The van der Waals surface area contributed by atoms with E-state index in [4.69, 9.17) is 9.72 Å². The zero-order valence-electron chi connectivity index (χ0n) is 11.7. The molecular weight excluding hydrogens is 288 g/mol. The molecule has 1 aliphatic rings. The van der Waals surface area contributed by atoms with Crippen molar-refractivity contribution in [3.8, 4) is 9.88 Å². The van der Waals surface area contributed by atoms with Gasteiger partial charge in [-0.25, -0.2) is 4.98 Å². The second-order valence-electron chi connectivity index (χ2n) is 5.16. The molecule has 1 fully saturated rings. The summed E-state index contributed by atoms with van der Waals surface area (Å²) in [6.45, 7) is 1.52. The number of ether oxygens (including phenoxy) is 1. The Hall–Kier alpha value is -0.750. The predicted octanol–water partition coefficient (Wildman–Crippen LogP) is 4.05. The van der Waals surface area contributed by atoms with Crippen molar-refractivity contribution in [3.63, 3.8) is 0 Å². The molecule has 0 atom stereocenters. The van der Waals surface area contributed by atoms with Crippen molar-refractivity contribution >= 4 is 22.7 Å². The fraction of sp³-hybridized carbons (Fsp3) is 0.533. The molecule has 0 aromatic carbocycles. The van der Waals surface area contributed by atoms with Crippen molar-refractivity contribution in [1.82, 2.24) is 10.3 Å². The Morgan fingerprint density at radius 2 is 2.25 bits per heavy atom. The SMILES string of the molecule is COCc1nc(-c2cccs2)sc1CNC1CCCC1. The average molecular weight is 308 g/mol. The number of nitrogens with zero attached hydrogens (tertiary/aromatic N) is 1. The second-order valence-corrected chi connectivity index (χ2v) is 7.19. The van der Waals surface area contributed by atoms with Gasteiger partial charge in [0.05, 0.1) is 17.2 Å². The van der Waals surface area contributed by atoms with Crippen LogP contribution in [0.25, 0.3) is 9.88 Å². The van der Waals surface area contributed by atoms with Crippen LogP contribution < -0.4 is 5.32 Å². The number of thiazole rings is 1. The molecule has 0 unspecified atom stereocenters. The van der Waals surface area contributed by atoms with Gasteiger partial charge in [0.25, 0.3) is 0 Å². The highest BCUT2D eigenvalue weighted by Crippen LogP contribution is 2.32. The van der Waals surface area contributed by atoms with E-state index in [0.29, 0.717) is 12.6 Å². The molecule has 0 saturated heterocycles. The van der Waals surface area contributed by atoms with E-state index < -0.39 is 0 Å². The van der Waals surface area contributed by atoms with Crippen LogP contribution in [0.4, 0.5) is 0 Å². The minimum absolute atomic E-state index is 0.601. The fourth-order valence-corrected chi connectivity index (χ4v) is 4.46. The lowest BCUT2D eigenvalue weighted by atomic mass is 10.2. The molecule has 3 rings (SSSR count). The summed E-state index contributed by atoms with van der Waals surface area (Å²) in [7, 11) is 1.73. The van der Waals surface area contributed by atoms with Crippen LogP contribution in [0.3, 0.4) is 0 Å². The number of hydrogen-bond donors (Lipinski definition) is 1. The third-order valence-corrected chi connectivity index (χ3v) is 5.83. The van der Waals surface area contributed by atoms with Crippen LogP contribution >= 0.6 is 22.7 Å². The number of rotatable bonds is 6. The van der Waals surface area contributed by atoms with Gasteiger partial charge in [-0.3, -0.25) is 0 Å². The quantitative estimate of drug-likeness (QED) is 0.874. The van der Waals surface area contributed by atoms with Gasteiger partial charge in [-0.1, -0.05) is 18.9 Å². The molecule has 1 saturated carbocycles. The molecule has 5 heteroatoms. The number of hydrogen-bond acceptors (Lipinski definition) is 5. The zero-order valence-corrected chi connectivity index (χ0v) is 13.4. The van der Waals surface area contributed by atoms with Crippen LogP contribution in [0.15, 0.2) is 17.5 Å². The van der Waals surface area contributed by atoms with Gasteiger partial charge in [0.2, 0.25) is 0 Å². The first-order chi connectivity index (χ1) is 9.86. The van der Waals surface area contributed by atoms with Crippen LogP contribution in [0, 0.1) is 0 Å². The molecular formula is C15H20N2OS2. The van der Waals surface area contributed by atoms with Gasteiger partial charge in [0, 0.05) is 24.6 Å². The first kappa shape index (κ1) is 14.2. The van der Waals surface area contributed by atoms with Crippen LogP contribution in [0.5, 0.6) is 0 Å². The Morgan fingerprint density at radius 3 is 2.95 bits per heavy atom. The summed E-state index contributed by atoms with van der Waals surface area (Å²) in [5.41, 5.74) is 1.09. The van der Waals surface area contributed by atoms with Gasteiger partial charge in [-0.15, -0.1) is 22.7 Å². The monoisotopic (exact) mass is 308 g/mol. The van der Waals surface area contributed by atoms with E-state index in [1.165, 1.54) is 35.4 Å². The van der Waals surface area contributed by atoms with Crippen molar-refractivity contribution in [2.45, 2.75) is 44.9 Å². The molecule has 1 aliphatic carbocycles. The molecule has 2 heterocycles. The van der Waals surface area contributed by atoms with E-state index in [1.807, 2.05) is 0 Å². The Balaban J connectivity index is 1.73. The van der Waals surface area contributed by atoms with Crippen LogP contribution in [0.1, 0.15) is 36.3 Å². The van der Waals surface area contributed by atoms with Crippen molar-refractivity contribution in [2.75, 3.05) is 7.11 Å². The molecule has 1 N–H and O–H groups in total. The summed E-state index contributed by atoms with van der Waals surface area (Å²) in [6, 6.07) is 4.90. The van der Waals surface area contributed by atoms with E-state index in [9.17, 15) is 0 Å². The van der Waals surface area contributed by atoms with Gasteiger partial charge in [-0.05, 0) is 24.3 Å². The van der Waals surface area contributed by atoms with Crippen molar-refractivity contribution < 1.29 is 4.74 Å². The molecule has 0 radical (unpaired) electrons. The standard InChI is InChI=1S/C15H20N2OS2/c1-18-10-12-14(9-16-11-5-2-3-6-11)20-15(17-12)13-7-4-8-19-13/h4,7-8,11,16H,2-3,5-6,9-10H2,1H3. The predicted molar refractivity (Wildman–Crippen MR) is 85.2 cm³/mol. The number of thiophene rings is 1. The van der Waals surface area contributed by atoms with Crippen molar-refractivity contribution in [2.24, 2.45) is 0 Å².